The molecule has 1 atom stereocenters. The zero-order valence-corrected chi connectivity index (χ0v) is 19.3. The van der Waals surface area contributed by atoms with E-state index >= 15 is 0 Å². The molecule has 4 rings (SSSR count). The number of hydrogen-bond acceptors (Lipinski definition) is 5. The maximum absolute atomic E-state index is 12.9. The molecule has 0 bridgehead atoms. The summed E-state index contributed by atoms with van der Waals surface area (Å²) in [5.41, 5.74) is 3.01. The molecule has 0 spiro atoms. The van der Waals surface area contributed by atoms with Crippen LogP contribution in [0.4, 0.5) is 0 Å². The van der Waals surface area contributed by atoms with Gasteiger partial charge in [0.15, 0.2) is 11.5 Å². The Labute approximate surface area is 190 Å². The van der Waals surface area contributed by atoms with Crippen LogP contribution in [-0.4, -0.2) is 56.3 Å². The Morgan fingerprint density at radius 3 is 2.69 bits per heavy atom. The maximum Gasteiger partial charge on any atom is 0.251 e. The van der Waals surface area contributed by atoms with E-state index in [4.69, 9.17) is 14.2 Å². The van der Waals surface area contributed by atoms with Crippen LogP contribution in [0.2, 0.25) is 0 Å². The van der Waals surface area contributed by atoms with E-state index in [-0.39, 0.29) is 18.1 Å². The van der Waals surface area contributed by atoms with Crippen molar-refractivity contribution in [3.63, 3.8) is 0 Å². The minimum atomic E-state index is -0.140. The molecule has 2 aliphatic heterocycles. The molecule has 0 saturated carbocycles. The van der Waals surface area contributed by atoms with Gasteiger partial charge in [-0.05, 0) is 62.4 Å². The van der Waals surface area contributed by atoms with Crippen molar-refractivity contribution < 1.29 is 19.0 Å². The van der Waals surface area contributed by atoms with Crippen LogP contribution in [0.15, 0.2) is 42.5 Å². The standard InChI is InChI=1S/C26H34N2O4/c1-18(2)28-13-10-21(11-14-28)32-24-16-20(8-9-23(24)30-3)26(29)27-17-25-22-7-5-4-6-19(22)12-15-31-25/h4-9,16,18,21,25H,10-15,17H2,1-3H3,(H,27,29). The molecule has 2 aromatic rings. The van der Waals surface area contributed by atoms with Gasteiger partial charge in [-0.15, -0.1) is 0 Å². The van der Waals surface area contributed by atoms with Gasteiger partial charge in [0, 0.05) is 31.2 Å². The second-order valence-corrected chi connectivity index (χ2v) is 8.83. The zero-order chi connectivity index (χ0) is 22.5. The Balaban J connectivity index is 1.39. The molecule has 1 fully saturated rings. The summed E-state index contributed by atoms with van der Waals surface area (Å²) in [6.07, 6.45) is 2.86. The van der Waals surface area contributed by atoms with Gasteiger partial charge in [-0.2, -0.15) is 0 Å². The Morgan fingerprint density at radius 1 is 1.16 bits per heavy atom. The smallest absolute Gasteiger partial charge is 0.251 e. The lowest BCUT2D eigenvalue weighted by molar-refractivity contribution is 0.0411. The topological polar surface area (TPSA) is 60.0 Å². The molecule has 6 nitrogen and oxygen atoms in total. The molecular formula is C26H34N2O4. The van der Waals surface area contributed by atoms with Crippen LogP contribution in [-0.2, 0) is 11.2 Å². The Hall–Kier alpha value is -2.57. The number of likely N-dealkylation sites (tertiary alicyclic amines) is 1. The minimum Gasteiger partial charge on any atom is -0.493 e. The van der Waals surface area contributed by atoms with Crippen LogP contribution >= 0.6 is 0 Å². The molecule has 1 saturated heterocycles. The summed E-state index contributed by atoms with van der Waals surface area (Å²) >= 11 is 0. The van der Waals surface area contributed by atoms with Gasteiger partial charge in [-0.25, -0.2) is 0 Å². The monoisotopic (exact) mass is 438 g/mol. The molecule has 2 aromatic carbocycles. The number of fused-ring (bicyclic) bond motifs is 1. The third-order valence-electron chi connectivity index (χ3n) is 6.47. The quantitative estimate of drug-likeness (QED) is 0.708. The number of nitrogens with zero attached hydrogens (tertiary/aromatic N) is 1. The highest BCUT2D eigenvalue weighted by atomic mass is 16.5. The molecule has 1 unspecified atom stereocenters. The van der Waals surface area contributed by atoms with Crippen LogP contribution in [0, 0.1) is 0 Å². The van der Waals surface area contributed by atoms with E-state index in [1.165, 1.54) is 5.56 Å². The van der Waals surface area contributed by atoms with E-state index in [9.17, 15) is 4.79 Å². The van der Waals surface area contributed by atoms with Crippen LogP contribution in [0.1, 0.15) is 54.3 Å². The van der Waals surface area contributed by atoms with Crippen LogP contribution in [0.3, 0.4) is 0 Å². The van der Waals surface area contributed by atoms with Gasteiger partial charge in [0.05, 0.1) is 13.7 Å². The predicted octanol–water partition coefficient (Wildman–Crippen LogP) is 3.99. The zero-order valence-electron chi connectivity index (χ0n) is 19.3. The molecular weight excluding hydrogens is 404 g/mol. The van der Waals surface area contributed by atoms with Crippen molar-refractivity contribution in [1.82, 2.24) is 10.2 Å². The van der Waals surface area contributed by atoms with Crippen molar-refractivity contribution >= 4 is 5.91 Å². The molecule has 0 aromatic heterocycles. The van der Waals surface area contributed by atoms with E-state index in [1.54, 1.807) is 25.3 Å². The number of carbonyl (C=O) groups is 1. The van der Waals surface area contributed by atoms with E-state index in [2.05, 4.69) is 36.2 Å². The highest BCUT2D eigenvalue weighted by molar-refractivity contribution is 5.94. The van der Waals surface area contributed by atoms with Crippen LogP contribution in [0.5, 0.6) is 11.5 Å². The molecule has 0 aliphatic carbocycles. The summed E-state index contributed by atoms with van der Waals surface area (Å²) < 4.78 is 17.7. The third-order valence-corrected chi connectivity index (χ3v) is 6.47. The second-order valence-electron chi connectivity index (χ2n) is 8.83. The largest absolute Gasteiger partial charge is 0.493 e. The van der Waals surface area contributed by atoms with Crippen molar-refractivity contribution in [3.8, 4) is 11.5 Å². The third kappa shape index (κ3) is 5.25. The summed E-state index contributed by atoms with van der Waals surface area (Å²) in [6, 6.07) is 14.2. The lowest BCUT2D eigenvalue weighted by Crippen LogP contribution is -2.41. The molecule has 172 valence electrons. The van der Waals surface area contributed by atoms with Gasteiger partial charge >= 0.3 is 0 Å². The van der Waals surface area contributed by atoms with Gasteiger partial charge in [0.2, 0.25) is 0 Å². The van der Waals surface area contributed by atoms with E-state index < -0.39 is 0 Å². The molecule has 6 heteroatoms. The molecule has 32 heavy (non-hydrogen) atoms. The van der Waals surface area contributed by atoms with Crippen molar-refractivity contribution in [2.24, 2.45) is 0 Å². The summed E-state index contributed by atoms with van der Waals surface area (Å²) in [6.45, 7) is 7.60. The average Bonchev–Trinajstić information content (AvgIpc) is 2.82. The van der Waals surface area contributed by atoms with Crippen molar-refractivity contribution in [2.45, 2.75) is 51.4 Å². The van der Waals surface area contributed by atoms with E-state index in [0.29, 0.717) is 36.3 Å². The first-order valence-electron chi connectivity index (χ1n) is 11.6. The number of benzene rings is 2. The highest BCUT2D eigenvalue weighted by Gasteiger charge is 2.24. The van der Waals surface area contributed by atoms with Gasteiger partial charge < -0.3 is 24.4 Å². The SMILES string of the molecule is COc1ccc(C(=O)NCC2OCCc3ccccc32)cc1OC1CCN(C(C)C)CC1. The maximum atomic E-state index is 12.9. The van der Waals surface area contributed by atoms with Gasteiger partial charge in [0.1, 0.15) is 12.2 Å². The first kappa shape index (κ1) is 22.6. The fraction of sp³-hybridized carbons (Fsp3) is 0.500. The molecule has 0 radical (unpaired) electrons. The molecule has 1 amide bonds. The lowest BCUT2D eigenvalue weighted by Gasteiger charge is -2.34. The predicted molar refractivity (Wildman–Crippen MR) is 125 cm³/mol. The Kier molecular flexibility index (Phi) is 7.33. The Morgan fingerprint density at radius 2 is 1.94 bits per heavy atom. The number of ether oxygens (including phenoxy) is 3. The number of nitrogens with one attached hydrogen (secondary N) is 1. The average molecular weight is 439 g/mol. The fourth-order valence-corrected chi connectivity index (χ4v) is 4.53. The second kappa shape index (κ2) is 10.4. The first-order chi connectivity index (χ1) is 15.5. The van der Waals surface area contributed by atoms with E-state index in [0.717, 1.165) is 37.9 Å². The van der Waals surface area contributed by atoms with E-state index in [1.807, 2.05) is 12.1 Å². The summed E-state index contributed by atoms with van der Waals surface area (Å²) in [7, 11) is 1.63. The summed E-state index contributed by atoms with van der Waals surface area (Å²) in [5, 5.41) is 3.03. The number of amides is 1. The van der Waals surface area contributed by atoms with Crippen molar-refractivity contribution in [1.29, 1.82) is 0 Å². The fourth-order valence-electron chi connectivity index (χ4n) is 4.53. The highest BCUT2D eigenvalue weighted by Crippen LogP contribution is 2.31. The van der Waals surface area contributed by atoms with Gasteiger partial charge in [0.25, 0.3) is 5.91 Å². The number of rotatable bonds is 7. The molecule has 1 N–H and O–H groups in total. The van der Waals surface area contributed by atoms with Crippen LogP contribution < -0.4 is 14.8 Å². The van der Waals surface area contributed by atoms with Crippen molar-refractivity contribution in [3.05, 3.63) is 59.2 Å². The number of piperidine rings is 1. The Bertz CT molecular complexity index is 922. The first-order valence-corrected chi connectivity index (χ1v) is 11.6. The number of carbonyl (C=O) groups excluding carboxylic acids is 1. The number of hydrogen-bond donors (Lipinski definition) is 1. The van der Waals surface area contributed by atoms with Gasteiger partial charge in [-0.1, -0.05) is 24.3 Å². The lowest BCUT2D eigenvalue weighted by atomic mass is 9.97. The van der Waals surface area contributed by atoms with Crippen molar-refractivity contribution in [2.75, 3.05) is 33.4 Å². The van der Waals surface area contributed by atoms with Crippen LogP contribution in [0.25, 0.3) is 0 Å². The number of methoxy groups -OCH3 is 1. The molecule has 2 aliphatic rings. The summed E-state index contributed by atoms with van der Waals surface area (Å²) in [5.74, 6) is 1.14. The molecule has 2 heterocycles. The normalized spacial score (nSPS) is 19.4. The van der Waals surface area contributed by atoms with Gasteiger partial charge in [-0.3, -0.25) is 4.79 Å². The minimum absolute atomic E-state index is 0.121. The summed E-state index contributed by atoms with van der Waals surface area (Å²) in [4.78, 5) is 15.4.